The number of aromatic nitrogens is 6. The molecule has 0 saturated heterocycles. The van der Waals surface area contributed by atoms with Crippen LogP contribution in [0, 0.1) is 0 Å². The number of halogens is 1. The number of anilines is 1. The second-order valence-electron chi connectivity index (χ2n) is 4.72. The van der Waals surface area contributed by atoms with E-state index in [9.17, 15) is 4.79 Å². The first-order chi connectivity index (χ1) is 9.35. The van der Waals surface area contributed by atoms with Crippen molar-refractivity contribution in [1.29, 1.82) is 0 Å². The maximum absolute atomic E-state index is 11.0. The summed E-state index contributed by atoms with van der Waals surface area (Å²) in [5.74, 6) is 0.0146. The first-order valence-corrected chi connectivity index (χ1v) is 6.06. The molecular weight excluding hydrogens is 284 g/mol. The van der Waals surface area contributed by atoms with E-state index < -0.39 is 11.4 Å². The lowest BCUT2D eigenvalue weighted by Crippen LogP contribution is -2.36. The lowest BCUT2D eigenvalue weighted by Gasteiger charge is -2.24. The molecule has 0 aliphatic rings. The Morgan fingerprint density at radius 1 is 1.45 bits per heavy atom. The van der Waals surface area contributed by atoms with Crippen LogP contribution in [0.1, 0.15) is 20.3 Å². The van der Waals surface area contributed by atoms with Crippen LogP contribution in [-0.2, 0) is 4.79 Å². The van der Waals surface area contributed by atoms with Crippen LogP contribution in [0.5, 0.6) is 0 Å². The van der Waals surface area contributed by atoms with Gasteiger partial charge in [-0.1, -0.05) is 0 Å². The van der Waals surface area contributed by atoms with Crippen LogP contribution in [-0.4, -0.2) is 41.2 Å². The molecular formula is C10H13ClN8O. The first kappa shape index (κ1) is 14.1. The van der Waals surface area contributed by atoms with Crippen molar-refractivity contribution in [3.05, 3.63) is 17.9 Å². The predicted molar refractivity (Wildman–Crippen MR) is 71.3 cm³/mol. The van der Waals surface area contributed by atoms with E-state index >= 15 is 0 Å². The van der Waals surface area contributed by atoms with Gasteiger partial charge >= 0.3 is 0 Å². The molecule has 2 rings (SSSR count). The fourth-order valence-electron chi connectivity index (χ4n) is 1.59. The number of nitrogens with zero attached hydrogens (tertiary/aromatic N) is 6. The number of primary amides is 1. The molecule has 2 heterocycles. The minimum Gasteiger partial charge on any atom is -0.370 e. The summed E-state index contributed by atoms with van der Waals surface area (Å²) in [4.78, 5) is 26.9. The fourth-order valence-corrected chi connectivity index (χ4v) is 1.75. The van der Waals surface area contributed by atoms with Gasteiger partial charge in [0.2, 0.25) is 17.1 Å². The van der Waals surface area contributed by atoms with E-state index in [-0.39, 0.29) is 23.6 Å². The van der Waals surface area contributed by atoms with Crippen molar-refractivity contribution in [2.24, 2.45) is 5.73 Å². The first-order valence-electron chi connectivity index (χ1n) is 5.69. The molecule has 10 heteroatoms. The maximum atomic E-state index is 11.0. The highest BCUT2D eigenvalue weighted by atomic mass is 35.5. The molecule has 3 N–H and O–H groups in total. The summed E-state index contributed by atoms with van der Waals surface area (Å²) in [6.45, 7) is 3.59. The molecule has 0 bridgehead atoms. The predicted octanol–water partition coefficient (Wildman–Crippen LogP) is 0.172. The Labute approximate surface area is 119 Å². The van der Waals surface area contributed by atoms with Gasteiger partial charge < -0.3 is 11.1 Å². The van der Waals surface area contributed by atoms with Gasteiger partial charge in [-0.3, -0.25) is 4.79 Å². The third-order valence-corrected chi connectivity index (χ3v) is 2.46. The highest BCUT2D eigenvalue weighted by Crippen LogP contribution is 2.16. The molecule has 2 aromatic rings. The molecule has 9 nitrogen and oxygen atoms in total. The van der Waals surface area contributed by atoms with E-state index in [1.165, 1.54) is 17.3 Å². The minimum atomic E-state index is -0.615. The molecule has 0 atom stereocenters. The molecule has 0 unspecified atom stereocenters. The number of rotatable bonds is 5. The number of amides is 1. The van der Waals surface area contributed by atoms with E-state index in [1.54, 1.807) is 13.8 Å². The van der Waals surface area contributed by atoms with E-state index in [2.05, 4.69) is 30.4 Å². The van der Waals surface area contributed by atoms with Gasteiger partial charge in [0.15, 0.2) is 0 Å². The summed E-state index contributed by atoms with van der Waals surface area (Å²) in [6.07, 6.45) is 2.90. The van der Waals surface area contributed by atoms with Crippen LogP contribution in [0.15, 0.2) is 12.7 Å². The number of nitrogens with one attached hydrogen (secondary N) is 1. The summed E-state index contributed by atoms with van der Waals surface area (Å²) in [5.41, 5.74) is 4.57. The van der Waals surface area contributed by atoms with Crippen molar-refractivity contribution in [3.63, 3.8) is 0 Å². The average Bonchev–Trinajstić information content (AvgIpc) is 2.78. The van der Waals surface area contributed by atoms with Crippen LogP contribution in [0.2, 0.25) is 5.28 Å². The lowest BCUT2D eigenvalue weighted by atomic mass is 10.0. The smallest absolute Gasteiger partial charge is 0.258 e. The Morgan fingerprint density at radius 3 is 2.80 bits per heavy atom. The normalized spacial score (nSPS) is 11.3. The molecule has 0 aliphatic heterocycles. The molecule has 0 saturated carbocycles. The Kier molecular flexibility index (Phi) is 3.79. The number of hydrogen-bond donors (Lipinski definition) is 2. The zero-order valence-corrected chi connectivity index (χ0v) is 11.7. The van der Waals surface area contributed by atoms with E-state index in [0.717, 1.165) is 0 Å². The van der Waals surface area contributed by atoms with Crippen molar-refractivity contribution in [2.45, 2.75) is 25.8 Å². The van der Waals surface area contributed by atoms with Gasteiger partial charge in [0.1, 0.15) is 12.7 Å². The Morgan fingerprint density at radius 2 is 2.20 bits per heavy atom. The SMILES string of the molecule is CC(C)(CC(N)=O)Nc1nc(Cl)nc(-n2cncn2)n1. The summed E-state index contributed by atoms with van der Waals surface area (Å²) in [7, 11) is 0. The average molecular weight is 297 g/mol. The van der Waals surface area contributed by atoms with Gasteiger partial charge in [-0.25, -0.2) is 4.98 Å². The number of carbonyl (C=O) groups excluding carboxylic acids is 1. The highest BCUT2D eigenvalue weighted by Gasteiger charge is 2.22. The number of nitrogens with two attached hydrogens (primary N) is 1. The van der Waals surface area contributed by atoms with Crippen molar-refractivity contribution in [2.75, 3.05) is 5.32 Å². The highest BCUT2D eigenvalue weighted by molar-refractivity contribution is 6.28. The molecule has 2 aromatic heterocycles. The molecule has 0 aliphatic carbocycles. The van der Waals surface area contributed by atoms with E-state index in [0.29, 0.717) is 0 Å². The van der Waals surface area contributed by atoms with Crippen molar-refractivity contribution in [1.82, 2.24) is 29.7 Å². The second kappa shape index (κ2) is 5.37. The van der Waals surface area contributed by atoms with Gasteiger partial charge in [-0.2, -0.15) is 24.7 Å². The van der Waals surface area contributed by atoms with Gasteiger partial charge in [0, 0.05) is 12.0 Å². The van der Waals surface area contributed by atoms with E-state index in [4.69, 9.17) is 17.3 Å². The van der Waals surface area contributed by atoms with E-state index in [1.807, 2.05) is 0 Å². The van der Waals surface area contributed by atoms with Crippen LogP contribution >= 0.6 is 11.6 Å². The third kappa shape index (κ3) is 3.60. The summed E-state index contributed by atoms with van der Waals surface area (Å²) in [6, 6.07) is 0. The zero-order valence-electron chi connectivity index (χ0n) is 10.9. The second-order valence-corrected chi connectivity index (χ2v) is 5.06. The van der Waals surface area contributed by atoms with Gasteiger partial charge in [0.25, 0.3) is 5.95 Å². The van der Waals surface area contributed by atoms with Crippen LogP contribution in [0.4, 0.5) is 5.95 Å². The Balaban J connectivity index is 2.27. The Bertz CT molecular complexity index is 612. The van der Waals surface area contributed by atoms with Crippen LogP contribution in [0.25, 0.3) is 5.95 Å². The molecule has 106 valence electrons. The maximum Gasteiger partial charge on any atom is 0.258 e. The molecule has 20 heavy (non-hydrogen) atoms. The fraction of sp³-hybridized carbons (Fsp3) is 0.400. The van der Waals surface area contributed by atoms with Crippen LogP contribution < -0.4 is 11.1 Å². The molecule has 0 aromatic carbocycles. The molecule has 0 radical (unpaired) electrons. The molecule has 1 amide bonds. The van der Waals surface area contributed by atoms with Crippen molar-refractivity contribution < 1.29 is 4.79 Å². The summed E-state index contributed by atoms with van der Waals surface area (Å²) in [5, 5.41) is 6.89. The summed E-state index contributed by atoms with van der Waals surface area (Å²) >= 11 is 5.85. The standard InChI is InChI=1S/C10H13ClN8O/c1-10(2,3-6(12)20)18-8-15-7(11)16-9(17-8)19-5-13-4-14-19/h4-5H,3H2,1-2H3,(H2,12,20)(H,15,16,17,18). The van der Waals surface area contributed by atoms with Crippen molar-refractivity contribution in [3.8, 4) is 5.95 Å². The Hall–Kier alpha value is -2.29. The lowest BCUT2D eigenvalue weighted by molar-refractivity contribution is -0.118. The number of hydrogen-bond acceptors (Lipinski definition) is 7. The quantitative estimate of drug-likeness (QED) is 0.805. The molecule has 0 fully saturated rings. The van der Waals surface area contributed by atoms with Gasteiger partial charge in [-0.05, 0) is 25.4 Å². The largest absolute Gasteiger partial charge is 0.370 e. The van der Waals surface area contributed by atoms with Gasteiger partial charge in [0.05, 0.1) is 0 Å². The zero-order chi connectivity index (χ0) is 14.8. The monoisotopic (exact) mass is 296 g/mol. The van der Waals surface area contributed by atoms with Crippen molar-refractivity contribution >= 4 is 23.5 Å². The van der Waals surface area contributed by atoms with Crippen LogP contribution in [0.3, 0.4) is 0 Å². The summed E-state index contributed by atoms with van der Waals surface area (Å²) < 4.78 is 1.35. The topological polar surface area (TPSA) is 125 Å². The number of carbonyl (C=O) groups is 1. The minimum absolute atomic E-state index is 0.00266. The molecule has 0 spiro atoms. The third-order valence-electron chi connectivity index (χ3n) is 2.29. The van der Waals surface area contributed by atoms with Gasteiger partial charge in [-0.15, -0.1) is 0 Å².